The fourth-order valence-corrected chi connectivity index (χ4v) is 20.5. The molecule has 17 heavy (non-hydrogen) atoms. The van der Waals surface area contributed by atoms with Crippen molar-refractivity contribution in [3.63, 3.8) is 0 Å². The molecule has 0 bridgehead atoms. The highest BCUT2D eigenvalue weighted by Crippen LogP contribution is 2.78. The Labute approximate surface area is 111 Å². The zero-order valence-electron chi connectivity index (χ0n) is 12.9. The average Bonchev–Trinajstić information content (AvgIpc) is 2.69. The Balaban J connectivity index is 2.31. The monoisotopic (exact) mass is 268 g/mol. The highest BCUT2D eigenvalue weighted by atomic mass is 28.4. The van der Waals surface area contributed by atoms with Gasteiger partial charge in [0.15, 0.2) is 0 Å². The zero-order valence-corrected chi connectivity index (χ0v) is 14.9. The number of fused-ring (bicyclic) bond motifs is 1. The molecule has 0 amide bonds. The van der Waals surface area contributed by atoms with Gasteiger partial charge in [0, 0.05) is 16.1 Å². The molecule has 0 heterocycles. The van der Waals surface area contributed by atoms with E-state index in [-0.39, 0.29) is 0 Å². The molecule has 0 aromatic carbocycles. The first-order valence-electron chi connectivity index (χ1n) is 7.73. The summed E-state index contributed by atoms with van der Waals surface area (Å²) in [6, 6.07) is 0. The second-order valence-electron chi connectivity index (χ2n) is 8.57. The van der Waals surface area contributed by atoms with Crippen LogP contribution in [0.2, 0.25) is 43.9 Å². The Kier molecular flexibility index (Phi) is 3.44. The number of hydrogen-bond acceptors (Lipinski definition) is 0. The van der Waals surface area contributed by atoms with Crippen molar-refractivity contribution in [1.29, 1.82) is 0 Å². The fraction of sp³-hybridized carbons (Fsp3) is 1.00. The minimum Gasteiger partial charge on any atom is -0.0693 e. The van der Waals surface area contributed by atoms with Crippen LogP contribution in [0.25, 0.3) is 0 Å². The zero-order chi connectivity index (χ0) is 12.9. The first-order chi connectivity index (χ1) is 7.73. The van der Waals surface area contributed by atoms with Crippen LogP contribution in [0.1, 0.15) is 38.5 Å². The van der Waals surface area contributed by atoms with E-state index in [0.29, 0.717) is 0 Å². The highest BCUT2D eigenvalue weighted by molar-refractivity contribution is 7.00. The van der Waals surface area contributed by atoms with E-state index in [9.17, 15) is 0 Å². The van der Waals surface area contributed by atoms with Crippen LogP contribution in [0, 0.1) is 11.8 Å². The summed E-state index contributed by atoms with van der Waals surface area (Å²) in [6.45, 7) is 16.0. The number of hydrogen-bond donors (Lipinski definition) is 0. The summed E-state index contributed by atoms with van der Waals surface area (Å²) >= 11 is 0. The summed E-state index contributed by atoms with van der Waals surface area (Å²) in [7, 11) is -2.04. The molecule has 0 aromatic heterocycles. The third kappa shape index (κ3) is 1.99. The second kappa shape index (κ2) is 4.23. The molecule has 0 radical (unpaired) electrons. The Morgan fingerprint density at radius 1 is 0.647 bits per heavy atom. The minimum absolute atomic E-state index is 0.879. The minimum atomic E-state index is -1.02. The first-order valence-corrected chi connectivity index (χ1v) is 14.7. The molecular weight excluding hydrogens is 236 g/mol. The van der Waals surface area contributed by atoms with Gasteiger partial charge in [-0.05, 0) is 16.5 Å². The molecule has 0 N–H and O–H groups in total. The molecule has 2 heteroatoms. The van der Waals surface area contributed by atoms with E-state index in [2.05, 4.69) is 39.3 Å². The van der Waals surface area contributed by atoms with Gasteiger partial charge in [-0.3, -0.25) is 0 Å². The van der Waals surface area contributed by atoms with Crippen molar-refractivity contribution < 1.29 is 0 Å². The Morgan fingerprint density at radius 3 is 1.29 bits per heavy atom. The molecule has 2 fully saturated rings. The molecule has 2 aliphatic rings. The molecule has 0 nitrogen and oxygen atoms in total. The van der Waals surface area contributed by atoms with Crippen LogP contribution < -0.4 is 0 Å². The molecular formula is C15H32Si2. The van der Waals surface area contributed by atoms with E-state index < -0.39 is 16.1 Å². The van der Waals surface area contributed by atoms with Crippen molar-refractivity contribution in [3.05, 3.63) is 0 Å². The Hall–Kier alpha value is 0.434. The quantitative estimate of drug-likeness (QED) is 0.577. The molecule has 2 atom stereocenters. The molecule has 2 rings (SSSR count). The van der Waals surface area contributed by atoms with Crippen molar-refractivity contribution in [2.75, 3.05) is 0 Å². The maximum atomic E-state index is 2.66. The van der Waals surface area contributed by atoms with E-state index in [4.69, 9.17) is 0 Å². The van der Waals surface area contributed by atoms with E-state index >= 15 is 0 Å². The third-order valence-electron chi connectivity index (χ3n) is 5.81. The summed E-state index contributed by atoms with van der Waals surface area (Å²) in [5.41, 5.74) is 0. The SMILES string of the molecule is C[Si](C)(C)C1([Si](C)(C)C)C2CCCCCCC21. The molecule has 2 saturated carbocycles. The van der Waals surface area contributed by atoms with Crippen LogP contribution in [0.4, 0.5) is 0 Å². The summed E-state index contributed by atoms with van der Waals surface area (Å²) in [6.07, 6.45) is 9.21. The average molecular weight is 269 g/mol. The molecule has 0 spiro atoms. The summed E-state index contributed by atoms with van der Waals surface area (Å²) in [5, 5.41) is 0. The normalized spacial score (nSPS) is 33.5. The van der Waals surface area contributed by atoms with Crippen molar-refractivity contribution in [3.8, 4) is 0 Å². The lowest BCUT2D eigenvalue weighted by Gasteiger charge is -2.42. The van der Waals surface area contributed by atoms with Gasteiger partial charge in [-0.2, -0.15) is 0 Å². The van der Waals surface area contributed by atoms with Gasteiger partial charge in [-0.15, -0.1) is 0 Å². The van der Waals surface area contributed by atoms with E-state index in [1.807, 2.05) is 0 Å². The molecule has 0 saturated heterocycles. The lowest BCUT2D eigenvalue weighted by Crippen LogP contribution is -2.48. The predicted molar refractivity (Wildman–Crippen MR) is 84.1 cm³/mol. The topological polar surface area (TPSA) is 0 Å². The highest BCUT2D eigenvalue weighted by Gasteiger charge is 2.73. The summed E-state index contributed by atoms with van der Waals surface area (Å²) < 4.78 is 0.879. The molecule has 0 aliphatic heterocycles. The molecule has 2 unspecified atom stereocenters. The van der Waals surface area contributed by atoms with Gasteiger partial charge in [-0.1, -0.05) is 77.8 Å². The van der Waals surface area contributed by atoms with Gasteiger partial charge in [0.1, 0.15) is 0 Å². The second-order valence-corrected chi connectivity index (χ2v) is 19.7. The van der Waals surface area contributed by atoms with Crippen LogP contribution >= 0.6 is 0 Å². The van der Waals surface area contributed by atoms with Crippen LogP contribution in [-0.2, 0) is 0 Å². The van der Waals surface area contributed by atoms with Crippen molar-refractivity contribution in [1.82, 2.24) is 0 Å². The lowest BCUT2D eigenvalue weighted by atomic mass is 10.0. The lowest BCUT2D eigenvalue weighted by molar-refractivity contribution is 0.485. The van der Waals surface area contributed by atoms with Crippen LogP contribution in [0.15, 0.2) is 0 Å². The smallest absolute Gasteiger partial charge is 0.0485 e. The van der Waals surface area contributed by atoms with Crippen molar-refractivity contribution >= 4 is 16.1 Å². The van der Waals surface area contributed by atoms with Crippen LogP contribution in [0.3, 0.4) is 0 Å². The molecule has 2 aliphatic carbocycles. The predicted octanol–water partition coefficient (Wildman–Crippen LogP) is 5.54. The van der Waals surface area contributed by atoms with E-state index in [1.165, 1.54) is 25.7 Å². The fourth-order valence-electron chi connectivity index (χ4n) is 5.83. The van der Waals surface area contributed by atoms with Gasteiger partial charge >= 0.3 is 0 Å². The third-order valence-corrected chi connectivity index (χ3v) is 16.8. The van der Waals surface area contributed by atoms with Gasteiger partial charge < -0.3 is 0 Å². The van der Waals surface area contributed by atoms with Crippen LogP contribution in [-0.4, -0.2) is 16.1 Å². The van der Waals surface area contributed by atoms with Crippen molar-refractivity contribution in [2.45, 2.75) is 82.5 Å². The maximum absolute atomic E-state index is 2.66. The first kappa shape index (κ1) is 13.9. The summed E-state index contributed by atoms with van der Waals surface area (Å²) in [4.78, 5) is 0. The van der Waals surface area contributed by atoms with Gasteiger partial charge in [0.25, 0.3) is 0 Å². The molecule has 0 aromatic rings. The van der Waals surface area contributed by atoms with Crippen molar-refractivity contribution in [2.24, 2.45) is 11.8 Å². The Bertz CT molecular complexity index is 252. The largest absolute Gasteiger partial charge is 0.0693 e. The van der Waals surface area contributed by atoms with E-state index in [0.717, 1.165) is 16.5 Å². The van der Waals surface area contributed by atoms with E-state index in [1.54, 1.807) is 12.8 Å². The standard InChI is InChI=1S/C15H32Si2/c1-16(2,3)15(17(4,5)6)13-11-9-7-8-10-12-14(13)15/h13-14H,7-12H2,1-6H3. The maximum Gasteiger partial charge on any atom is 0.0485 e. The van der Waals surface area contributed by atoms with Gasteiger partial charge in [0.05, 0.1) is 0 Å². The van der Waals surface area contributed by atoms with Crippen LogP contribution in [0.5, 0.6) is 0 Å². The number of rotatable bonds is 2. The summed E-state index contributed by atoms with van der Waals surface area (Å²) in [5.74, 6) is 2.28. The van der Waals surface area contributed by atoms with Gasteiger partial charge in [0.2, 0.25) is 0 Å². The molecule has 100 valence electrons. The Morgan fingerprint density at radius 2 is 1.00 bits per heavy atom. The van der Waals surface area contributed by atoms with Gasteiger partial charge in [-0.25, -0.2) is 0 Å².